The van der Waals surface area contributed by atoms with Gasteiger partial charge in [-0.2, -0.15) is 0 Å². The molecular weight excluding hydrogens is 272 g/mol. The maximum Gasteiger partial charge on any atom is 0.253 e. The van der Waals surface area contributed by atoms with Gasteiger partial charge < -0.3 is 4.90 Å². The minimum Gasteiger partial charge on any atom is -0.339 e. The Morgan fingerprint density at radius 3 is 2.65 bits per heavy atom. The van der Waals surface area contributed by atoms with E-state index in [2.05, 4.69) is 15.2 Å². The van der Waals surface area contributed by atoms with Gasteiger partial charge in [0.1, 0.15) is 6.33 Å². The lowest BCUT2D eigenvalue weighted by Crippen LogP contribution is -2.39. The Morgan fingerprint density at radius 1 is 1.25 bits per heavy atom. The van der Waals surface area contributed by atoms with Crippen molar-refractivity contribution in [3.63, 3.8) is 0 Å². The highest BCUT2D eigenvalue weighted by Gasteiger charge is 2.24. The summed E-state index contributed by atoms with van der Waals surface area (Å²) in [6.07, 6.45) is 3.56. The molecule has 0 unspecified atom stereocenters. The molecule has 1 amide bonds. The molecule has 1 aromatic carbocycles. The van der Waals surface area contributed by atoms with Crippen molar-refractivity contribution in [2.45, 2.75) is 23.2 Å². The molecule has 6 heteroatoms. The lowest BCUT2D eigenvalue weighted by molar-refractivity contribution is 0.0727. The highest BCUT2D eigenvalue weighted by Crippen LogP contribution is 2.28. The number of rotatable bonds is 3. The summed E-state index contributed by atoms with van der Waals surface area (Å²) in [5.74, 6) is 0.131. The van der Waals surface area contributed by atoms with E-state index in [0.717, 1.165) is 36.7 Å². The van der Waals surface area contributed by atoms with E-state index in [0.29, 0.717) is 5.25 Å². The first-order valence-corrected chi connectivity index (χ1v) is 7.57. The molecule has 0 bridgehead atoms. The second-order valence-corrected chi connectivity index (χ2v) is 6.02. The van der Waals surface area contributed by atoms with Crippen molar-refractivity contribution in [3.8, 4) is 0 Å². The summed E-state index contributed by atoms with van der Waals surface area (Å²) in [7, 11) is 0. The van der Waals surface area contributed by atoms with Gasteiger partial charge in [0.2, 0.25) is 5.16 Å². The minimum atomic E-state index is 0.131. The van der Waals surface area contributed by atoms with Gasteiger partial charge in [0.05, 0.1) is 0 Å². The number of thioether (sulfide) groups is 1. The number of carbonyl (C=O) groups excluding carboxylic acids is 1. The van der Waals surface area contributed by atoms with Crippen molar-refractivity contribution in [1.82, 2.24) is 20.1 Å². The normalized spacial score (nSPS) is 16.3. The lowest BCUT2D eigenvalue weighted by Gasteiger charge is -2.31. The topological polar surface area (TPSA) is 61.9 Å². The number of benzene rings is 1. The zero-order chi connectivity index (χ0) is 13.8. The van der Waals surface area contributed by atoms with Crippen LogP contribution in [-0.4, -0.2) is 44.3 Å². The molecular formula is C14H16N4OS. The molecule has 104 valence electrons. The molecule has 5 nitrogen and oxygen atoms in total. The van der Waals surface area contributed by atoms with E-state index < -0.39 is 0 Å². The van der Waals surface area contributed by atoms with E-state index in [9.17, 15) is 4.79 Å². The molecule has 1 fully saturated rings. The first-order valence-electron chi connectivity index (χ1n) is 6.69. The molecule has 1 saturated heterocycles. The summed E-state index contributed by atoms with van der Waals surface area (Å²) in [4.78, 5) is 18.4. The average molecular weight is 288 g/mol. The van der Waals surface area contributed by atoms with E-state index in [1.807, 2.05) is 35.2 Å². The number of hydrogen-bond acceptors (Lipinski definition) is 4. The molecule has 0 atom stereocenters. The summed E-state index contributed by atoms with van der Waals surface area (Å²) >= 11 is 1.69. The largest absolute Gasteiger partial charge is 0.339 e. The van der Waals surface area contributed by atoms with Crippen LogP contribution in [0, 0.1) is 0 Å². The molecule has 1 aromatic heterocycles. The molecule has 20 heavy (non-hydrogen) atoms. The quantitative estimate of drug-likeness (QED) is 0.940. The van der Waals surface area contributed by atoms with Crippen molar-refractivity contribution in [2.75, 3.05) is 13.1 Å². The molecule has 1 N–H and O–H groups in total. The smallest absolute Gasteiger partial charge is 0.253 e. The van der Waals surface area contributed by atoms with E-state index >= 15 is 0 Å². The van der Waals surface area contributed by atoms with Crippen LogP contribution in [0.4, 0.5) is 0 Å². The number of amides is 1. The van der Waals surface area contributed by atoms with Gasteiger partial charge in [-0.1, -0.05) is 30.0 Å². The molecule has 2 aromatic rings. The number of piperidine rings is 1. The number of nitrogens with zero attached hydrogens (tertiary/aromatic N) is 3. The van der Waals surface area contributed by atoms with Crippen LogP contribution in [0.3, 0.4) is 0 Å². The first-order chi connectivity index (χ1) is 9.83. The second-order valence-electron chi connectivity index (χ2n) is 4.76. The summed E-state index contributed by atoms with van der Waals surface area (Å²) in [6.45, 7) is 1.60. The molecule has 0 aliphatic carbocycles. The minimum absolute atomic E-state index is 0.131. The van der Waals surface area contributed by atoms with Crippen LogP contribution in [0.2, 0.25) is 0 Å². The zero-order valence-corrected chi connectivity index (χ0v) is 11.8. The van der Waals surface area contributed by atoms with Crippen molar-refractivity contribution < 1.29 is 4.79 Å². The number of aromatic nitrogens is 3. The molecule has 0 radical (unpaired) electrons. The third kappa shape index (κ3) is 3.01. The predicted octanol–water partition coefficient (Wildman–Crippen LogP) is 2.20. The van der Waals surface area contributed by atoms with Crippen molar-refractivity contribution in [1.29, 1.82) is 0 Å². The summed E-state index contributed by atoms with van der Waals surface area (Å²) < 4.78 is 0. The van der Waals surface area contributed by atoms with E-state index in [1.165, 1.54) is 0 Å². The molecule has 1 aliphatic heterocycles. The van der Waals surface area contributed by atoms with Crippen LogP contribution in [-0.2, 0) is 0 Å². The van der Waals surface area contributed by atoms with Gasteiger partial charge in [-0.25, -0.2) is 4.98 Å². The number of hydrogen-bond donors (Lipinski definition) is 1. The van der Waals surface area contributed by atoms with Crippen molar-refractivity contribution in [3.05, 3.63) is 42.2 Å². The number of H-pyrrole nitrogens is 1. The Hall–Kier alpha value is -1.82. The Balaban J connectivity index is 1.55. The lowest BCUT2D eigenvalue weighted by atomic mass is 10.1. The Labute approximate surface area is 121 Å². The van der Waals surface area contributed by atoms with Crippen LogP contribution in [0.1, 0.15) is 23.2 Å². The maximum atomic E-state index is 12.3. The van der Waals surface area contributed by atoms with Gasteiger partial charge in [-0.15, -0.1) is 5.10 Å². The third-order valence-electron chi connectivity index (χ3n) is 3.41. The Morgan fingerprint density at radius 2 is 2.00 bits per heavy atom. The fraction of sp³-hybridized carbons (Fsp3) is 0.357. The van der Waals surface area contributed by atoms with Gasteiger partial charge in [0.15, 0.2) is 0 Å². The van der Waals surface area contributed by atoms with Crippen LogP contribution in [0.25, 0.3) is 0 Å². The first kappa shape index (κ1) is 13.2. The fourth-order valence-corrected chi connectivity index (χ4v) is 3.31. The van der Waals surface area contributed by atoms with Gasteiger partial charge in [-0.3, -0.25) is 9.89 Å². The zero-order valence-electron chi connectivity index (χ0n) is 11.0. The molecule has 0 saturated carbocycles. The molecule has 0 spiro atoms. The van der Waals surface area contributed by atoms with E-state index in [-0.39, 0.29) is 5.91 Å². The van der Waals surface area contributed by atoms with Crippen LogP contribution < -0.4 is 0 Å². The number of nitrogens with one attached hydrogen (secondary N) is 1. The number of likely N-dealkylation sites (tertiary alicyclic amines) is 1. The van der Waals surface area contributed by atoms with E-state index in [4.69, 9.17) is 0 Å². The van der Waals surface area contributed by atoms with Gasteiger partial charge >= 0.3 is 0 Å². The number of aromatic amines is 1. The predicted molar refractivity (Wildman–Crippen MR) is 77.6 cm³/mol. The highest BCUT2D eigenvalue weighted by atomic mass is 32.2. The van der Waals surface area contributed by atoms with Gasteiger partial charge in [-0.05, 0) is 25.0 Å². The highest BCUT2D eigenvalue weighted by molar-refractivity contribution is 7.99. The monoisotopic (exact) mass is 288 g/mol. The maximum absolute atomic E-state index is 12.3. The molecule has 1 aliphatic rings. The average Bonchev–Trinajstić information content (AvgIpc) is 3.01. The SMILES string of the molecule is O=C(c1ccccc1)N1CCC(Sc2nc[nH]n2)CC1. The van der Waals surface area contributed by atoms with Crippen LogP contribution in [0.15, 0.2) is 41.8 Å². The standard InChI is InChI=1S/C14H16N4OS/c19-13(11-4-2-1-3-5-11)18-8-6-12(7-9-18)20-14-15-10-16-17-14/h1-5,10,12H,6-9H2,(H,15,16,17). The van der Waals surface area contributed by atoms with Crippen LogP contribution in [0.5, 0.6) is 0 Å². The second kappa shape index (κ2) is 6.09. The fourth-order valence-electron chi connectivity index (χ4n) is 2.34. The summed E-state index contributed by atoms with van der Waals surface area (Å²) in [5, 5.41) is 8.06. The molecule has 3 rings (SSSR count). The van der Waals surface area contributed by atoms with Crippen molar-refractivity contribution in [2.24, 2.45) is 0 Å². The van der Waals surface area contributed by atoms with Crippen LogP contribution >= 0.6 is 11.8 Å². The van der Waals surface area contributed by atoms with Gasteiger partial charge in [0, 0.05) is 23.9 Å². The Bertz CT molecular complexity index is 550. The van der Waals surface area contributed by atoms with Crippen molar-refractivity contribution >= 4 is 17.7 Å². The molecule has 2 heterocycles. The van der Waals surface area contributed by atoms with Gasteiger partial charge in [0.25, 0.3) is 5.91 Å². The summed E-state index contributed by atoms with van der Waals surface area (Å²) in [6, 6.07) is 9.47. The summed E-state index contributed by atoms with van der Waals surface area (Å²) in [5.41, 5.74) is 0.771. The third-order valence-corrected chi connectivity index (χ3v) is 4.63. The Kier molecular flexibility index (Phi) is 4.01. The number of carbonyl (C=O) groups is 1. The van der Waals surface area contributed by atoms with E-state index in [1.54, 1.807) is 18.1 Å².